The van der Waals surface area contributed by atoms with E-state index in [1.165, 1.54) is 16.7 Å². The van der Waals surface area contributed by atoms with Crippen LogP contribution in [0.3, 0.4) is 0 Å². The Morgan fingerprint density at radius 3 is 2.39 bits per heavy atom. The Morgan fingerprint density at radius 2 is 1.94 bits per heavy atom. The van der Waals surface area contributed by atoms with Crippen molar-refractivity contribution in [2.45, 2.75) is 0 Å². The fraction of sp³-hybridized carbons (Fsp3) is 0.0909. The predicted molar refractivity (Wildman–Crippen MR) is 94.5 cm³/mol. The van der Waals surface area contributed by atoms with Crippen molar-refractivity contribution in [2.75, 3.05) is 7.05 Å². The molecule has 1 aromatic rings. The number of likely N-dealkylation sites (N-methyl/N-ethyl adjacent to an activating group) is 1. The van der Waals surface area contributed by atoms with Crippen molar-refractivity contribution in [1.29, 1.82) is 0 Å². The molecule has 7 heteroatoms. The number of aromatic hydroxyl groups is 1. The van der Waals surface area contributed by atoms with E-state index in [9.17, 15) is 9.90 Å². The van der Waals surface area contributed by atoms with Gasteiger partial charge in [-0.15, -0.1) is 0 Å². The largest absolute Gasteiger partial charge is 0.506 e. The normalized spacial score (nSPS) is 17.9. The van der Waals surface area contributed by atoms with Crippen LogP contribution >= 0.6 is 69.2 Å². The molecule has 1 amide bonds. The van der Waals surface area contributed by atoms with Crippen molar-refractivity contribution >= 4 is 85.5 Å². The summed E-state index contributed by atoms with van der Waals surface area (Å²) in [6.45, 7) is 0. The van der Waals surface area contributed by atoms with Crippen LogP contribution in [0.1, 0.15) is 5.56 Å². The Kier molecular flexibility index (Phi) is 4.55. The monoisotopic (exact) mass is 503 g/mol. The number of rotatable bonds is 1. The number of thioether (sulfide) groups is 1. The predicted octanol–water partition coefficient (Wildman–Crippen LogP) is 3.43. The molecule has 18 heavy (non-hydrogen) atoms. The summed E-state index contributed by atoms with van der Waals surface area (Å²) in [7, 11) is 1.67. The maximum Gasteiger partial charge on any atom is 0.265 e. The van der Waals surface area contributed by atoms with Crippen LogP contribution < -0.4 is 0 Å². The first-order valence-electron chi connectivity index (χ1n) is 4.79. The van der Waals surface area contributed by atoms with Gasteiger partial charge in [0.2, 0.25) is 0 Å². The zero-order chi connectivity index (χ0) is 13.4. The van der Waals surface area contributed by atoms with E-state index < -0.39 is 0 Å². The van der Waals surface area contributed by atoms with Gasteiger partial charge in [-0.1, -0.05) is 24.0 Å². The van der Waals surface area contributed by atoms with Gasteiger partial charge in [0.25, 0.3) is 5.91 Å². The minimum Gasteiger partial charge on any atom is -0.506 e. The number of nitrogens with zero attached hydrogens (tertiary/aromatic N) is 1. The fourth-order valence-electron chi connectivity index (χ4n) is 1.37. The van der Waals surface area contributed by atoms with Crippen molar-refractivity contribution in [3.63, 3.8) is 0 Å². The molecule has 2 rings (SSSR count). The van der Waals surface area contributed by atoms with Gasteiger partial charge in [-0.05, 0) is 69.0 Å². The summed E-state index contributed by atoms with van der Waals surface area (Å²) >= 11 is 10.5. The number of carbonyl (C=O) groups is 1. The summed E-state index contributed by atoms with van der Waals surface area (Å²) < 4.78 is 2.09. The van der Waals surface area contributed by atoms with E-state index in [-0.39, 0.29) is 11.7 Å². The molecule has 0 saturated carbocycles. The maximum absolute atomic E-state index is 11.9. The molecule has 3 nitrogen and oxygen atoms in total. The highest BCUT2D eigenvalue weighted by atomic mass is 127. The molecular weight excluding hydrogens is 496 g/mol. The molecule has 0 unspecified atom stereocenters. The molecule has 0 aliphatic carbocycles. The molecule has 1 fully saturated rings. The zero-order valence-electron chi connectivity index (χ0n) is 9.11. The molecule has 0 bridgehead atoms. The second-order valence-corrected chi connectivity index (χ2v) is 7.57. The molecule has 94 valence electrons. The van der Waals surface area contributed by atoms with Crippen molar-refractivity contribution < 1.29 is 9.90 Å². The molecule has 0 radical (unpaired) electrons. The lowest BCUT2D eigenvalue weighted by Crippen LogP contribution is -2.22. The molecule has 1 saturated heterocycles. The number of halogens is 2. The van der Waals surface area contributed by atoms with Crippen LogP contribution in [-0.2, 0) is 4.79 Å². The fourth-order valence-corrected chi connectivity index (χ4v) is 4.36. The molecule has 1 N–H and O–H groups in total. The topological polar surface area (TPSA) is 40.5 Å². The summed E-state index contributed by atoms with van der Waals surface area (Å²) in [5.74, 6) is 0.194. The van der Waals surface area contributed by atoms with Gasteiger partial charge in [0.1, 0.15) is 10.1 Å². The third kappa shape index (κ3) is 2.83. The van der Waals surface area contributed by atoms with Gasteiger partial charge >= 0.3 is 0 Å². The van der Waals surface area contributed by atoms with Gasteiger partial charge in [-0.25, -0.2) is 0 Å². The number of thiocarbonyl (C=S) groups is 1. The number of hydrogen-bond acceptors (Lipinski definition) is 4. The minimum absolute atomic E-state index is 0.0805. The Labute approximate surface area is 141 Å². The standard InChI is InChI=1S/C11H7I2NO2S2/c1-14-10(16)8(18-11(14)17)4-5-2-6(12)9(15)7(13)3-5/h2-4,15H,1H3/b8-4-. The zero-order valence-corrected chi connectivity index (χ0v) is 15.1. The minimum atomic E-state index is -0.0805. The molecule has 1 heterocycles. The van der Waals surface area contributed by atoms with E-state index in [0.29, 0.717) is 9.23 Å². The van der Waals surface area contributed by atoms with Crippen LogP contribution in [-0.4, -0.2) is 27.3 Å². The van der Waals surface area contributed by atoms with E-state index in [0.717, 1.165) is 12.7 Å². The summed E-state index contributed by atoms with van der Waals surface area (Å²) in [5, 5.41) is 9.69. The second-order valence-electron chi connectivity index (χ2n) is 3.57. The Morgan fingerprint density at radius 1 is 1.39 bits per heavy atom. The summed E-state index contributed by atoms with van der Waals surface area (Å²) in [6.07, 6.45) is 1.80. The number of phenols is 1. The average molecular weight is 503 g/mol. The lowest BCUT2D eigenvalue weighted by molar-refractivity contribution is -0.121. The van der Waals surface area contributed by atoms with Crippen LogP contribution in [0, 0.1) is 7.14 Å². The highest BCUT2D eigenvalue weighted by Gasteiger charge is 2.28. The van der Waals surface area contributed by atoms with Gasteiger partial charge < -0.3 is 5.11 Å². The number of hydrogen-bond donors (Lipinski definition) is 1. The lowest BCUT2D eigenvalue weighted by atomic mass is 10.2. The van der Waals surface area contributed by atoms with E-state index in [2.05, 4.69) is 45.2 Å². The van der Waals surface area contributed by atoms with E-state index in [4.69, 9.17) is 12.2 Å². The quantitative estimate of drug-likeness (QED) is 0.363. The Bertz CT molecular complexity index is 563. The van der Waals surface area contributed by atoms with Gasteiger partial charge in [0.05, 0.1) is 12.0 Å². The molecular formula is C11H7I2NO2S2. The lowest BCUT2D eigenvalue weighted by Gasteiger charge is -2.04. The van der Waals surface area contributed by atoms with E-state index >= 15 is 0 Å². The first-order valence-corrected chi connectivity index (χ1v) is 8.18. The van der Waals surface area contributed by atoms with Crippen LogP contribution in [0.2, 0.25) is 0 Å². The maximum atomic E-state index is 11.9. The van der Waals surface area contributed by atoms with E-state index in [1.54, 1.807) is 13.1 Å². The third-order valence-electron chi connectivity index (χ3n) is 2.32. The molecule has 0 atom stereocenters. The number of phenolic OH excluding ortho intramolecular Hbond substituents is 1. The van der Waals surface area contributed by atoms with Crippen LogP contribution in [0.15, 0.2) is 17.0 Å². The van der Waals surface area contributed by atoms with Crippen LogP contribution in [0.4, 0.5) is 0 Å². The van der Waals surface area contributed by atoms with Crippen LogP contribution in [0.5, 0.6) is 5.75 Å². The van der Waals surface area contributed by atoms with Gasteiger partial charge in [-0.3, -0.25) is 9.69 Å². The highest BCUT2D eigenvalue weighted by Crippen LogP contribution is 2.33. The van der Waals surface area contributed by atoms with Crippen molar-refractivity contribution in [2.24, 2.45) is 0 Å². The number of amides is 1. The first kappa shape index (κ1) is 14.5. The highest BCUT2D eigenvalue weighted by molar-refractivity contribution is 14.1. The van der Waals surface area contributed by atoms with Gasteiger partial charge in [-0.2, -0.15) is 0 Å². The first-order chi connectivity index (χ1) is 8.40. The Balaban J connectivity index is 2.40. The second kappa shape index (κ2) is 5.63. The third-order valence-corrected chi connectivity index (χ3v) is 5.45. The Hall–Kier alpha value is 0.130. The van der Waals surface area contributed by atoms with Gasteiger partial charge in [0.15, 0.2) is 0 Å². The summed E-state index contributed by atoms with van der Waals surface area (Å²) in [6, 6.07) is 3.67. The molecule has 0 aromatic heterocycles. The van der Waals surface area contributed by atoms with E-state index in [1.807, 2.05) is 12.1 Å². The average Bonchev–Trinajstić information content (AvgIpc) is 2.54. The summed E-state index contributed by atoms with van der Waals surface area (Å²) in [4.78, 5) is 13.9. The molecule has 1 aliphatic rings. The van der Waals surface area contributed by atoms with Crippen molar-refractivity contribution in [3.8, 4) is 5.75 Å². The van der Waals surface area contributed by atoms with Crippen molar-refractivity contribution in [1.82, 2.24) is 4.90 Å². The van der Waals surface area contributed by atoms with Gasteiger partial charge in [0, 0.05) is 7.05 Å². The summed E-state index contributed by atoms with van der Waals surface area (Å²) in [5.41, 5.74) is 0.885. The molecule has 0 spiro atoms. The number of carbonyl (C=O) groups excluding carboxylic acids is 1. The van der Waals surface area contributed by atoms with Crippen LogP contribution in [0.25, 0.3) is 6.08 Å². The molecule has 1 aromatic carbocycles. The van der Waals surface area contributed by atoms with Crippen molar-refractivity contribution in [3.05, 3.63) is 29.7 Å². The molecule has 1 aliphatic heterocycles. The smallest absolute Gasteiger partial charge is 0.265 e. The number of benzene rings is 1. The SMILES string of the molecule is CN1C(=O)/C(=C/c2cc(I)c(O)c(I)c2)SC1=S.